The summed E-state index contributed by atoms with van der Waals surface area (Å²) in [6, 6.07) is 12.9. The van der Waals surface area contributed by atoms with E-state index in [2.05, 4.69) is 25.5 Å². The number of rotatable bonds is 6. The number of aromatic nitrogens is 1. The van der Waals surface area contributed by atoms with Crippen molar-refractivity contribution < 1.29 is 4.92 Å². The molecule has 1 fully saturated rings. The maximum absolute atomic E-state index is 10.9. The molecule has 0 aliphatic carbocycles. The number of nitrogens with one attached hydrogen (secondary N) is 2. The van der Waals surface area contributed by atoms with Gasteiger partial charge >= 0.3 is 0 Å². The Balaban J connectivity index is 0.00000300. The Morgan fingerprint density at radius 1 is 1.28 bits per heavy atom. The summed E-state index contributed by atoms with van der Waals surface area (Å²) >= 11 is 0. The van der Waals surface area contributed by atoms with Crippen LogP contribution in [0.15, 0.2) is 53.7 Å². The highest BCUT2D eigenvalue weighted by atomic mass is 127. The molecule has 1 aromatic heterocycles. The molecule has 9 heteroatoms. The van der Waals surface area contributed by atoms with Crippen molar-refractivity contribution in [2.45, 2.75) is 32.4 Å². The Morgan fingerprint density at radius 3 is 2.72 bits per heavy atom. The van der Waals surface area contributed by atoms with Crippen LogP contribution < -0.4 is 15.5 Å². The van der Waals surface area contributed by atoms with Crippen LogP contribution in [0.4, 0.5) is 11.5 Å². The number of guanidine groups is 1. The molecule has 3 rings (SSSR count). The SMILES string of the molecule is CCNC(=NCc1cccc([N+](=O)[O-])c1)NC1CCN(c2ccccn2)CC1.I. The topological polar surface area (TPSA) is 95.7 Å². The molecule has 1 aliphatic heterocycles. The van der Waals surface area contributed by atoms with Crippen molar-refractivity contribution in [2.24, 2.45) is 4.99 Å². The smallest absolute Gasteiger partial charge is 0.269 e. The number of benzene rings is 1. The highest BCUT2D eigenvalue weighted by Crippen LogP contribution is 2.17. The van der Waals surface area contributed by atoms with Crippen molar-refractivity contribution in [3.05, 3.63) is 64.3 Å². The summed E-state index contributed by atoms with van der Waals surface area (Å²) in [6.07, 6.45) is 3.82. The molecule has 2 aromatic rings. The first-order valence-corrected chi connectivity index (χ1v) is 9.60. The van der Waals surface area contributed by atoms with Crippen LogP contribution in [0.25, 0.3) is 0 Å². The zero-order valence-electron chi connectivity index (χ0n) is 16.5. The number of hydrogen-bond donors (Lipinski definition) is 2. The van der Waals surface area contributed by atoms with Crippen LogP contribution in [-0.4, -0.2) is 41.5 Å². The van der Waals surface area contributed by atoms with Crippen LogP contribution in [-0.2, 0) is 6.54 Å². The fourth-order valence-electron chi connectivity index (χ4n) is 3.25. The lowest BCUT2D eigenvalue weighted by Crippen LogP contribution is -2.48. The highest BCUT2D eigenvalue weighted by molar-refractivity contribution is 14.0. The number of aliphatic imine (C=N–C) groups is 1. The molecule has 0 spiro atoms. The molecule has 1 saturated heterocycles. The summed E-state index contributed by atoms with van der Waals surface area (Å²) < 4.78 is 0. The van der Waals surface area contributed by atoms with Crippen LogP contribution in [0, 0.1) is 10.1 Å². The molecule has 1 aliphatic rings. The highest BCUT2D eigenvalue weighted by Gasteiger charge is 2.20. The summed E-state index contributed by atoms with van der Waals surface area (Å²) in [4.78, 5) is 21.9. The molecule has 0 atom stereocenters. The monoisotopic (exact) mass is 510 g/mol. The van der Waals surface area contributed by atoms with E-state index in [0.717, 1.165) is 49.8 Å². The van der Waals surface area contributed by atoms with E-state index < -0.39 is 0 Å². The number of non-ortho nitro benzene ring substituents is 1. The number of nitro groups is 1. The molecule has 0 amide bonds. The Hall–Kier alpha value is -2.43. The zero-order chi connectivity index (χ0) is 19.8. The van der Waals surface area contributed by atoms with Gasteiger partial charge in [0.1, 0.15) is 5.82 Å². The average Bonchev–Trinajstić information content (AvgIpc) is 2.73. The summed E-state index contributed by atoms with van der Waals surface area (Å²) in [5.41, 5.74) is 0.906. The van der Waals surface area contributed by atoms with Gasteiger partial charge in [-0.15, -0.1) is 24.0 Å². The first-order valence-electron chi connectivity index (χ1n) is 9.60. The van der Waals surface area contributed by atoms with E-state index >= 15 is 0 Å². The fraction of sp³-hybridized carbons (Fsp3) is 0.400. The molecule has 2 heterocycles. The second-order valence-corrected chi connectivity index (χ2v) is 6.72. The van der Waals surface area contributed by atoms with Crippen molar-refractivity contribution in [1.29, 1.82) is 0 Å². The Labute approximate surface area is 188 Å². The van der Waals surface area contributed by atoms with Crippen molar-refractivity contribution in [1.82, 2.24) is 15.6 Å². The lowest BCUT2D eigenvalue weighted by atomic mass is 10.1. The van der Waals surface area contributed by atoms with Crippen LogP contribution in [0.1, 0.15) is 25.3 Å². The van der Waals surface area contributed by atoms with E-state index in [0.29, 0.717) is 12.6 Å². The summed E-state index contributed by atoms with van der Waals surface area (Å²) in [5, 5.41) is 17.7. The zero-order valence-corrected chi connectivity index (χ0v) is 18.8. The van der Waals surface area contributed by atoms with Crippen LogP contribution in [0.3, 0.4) is 0 Å². The number of pyridine rings is 1. The largest absolute Gasteiger partial charge is 0.357 e. The molecule has 29 heavy (non-hydrogen) atoms. The van der Waals surface area contributed by atoms with Gasteiger partial charge in [-0.05, 0) is 37.5 Å². The number of piperidine rings is 1. The summed E-state index contributed by atoms with van der Waals surface area (Å²) in [5.74, 6) is 1.76. The molecular formula is C20H27IN6O2. The first-order chi connectivity index (χ1) is 13.7. The number of nitro benzene ring substituents is 1. The van der Waals surface area contributed by atoms with E-state index in [-0.39, 0.29) is 34.6 Å². The van der Waals surface area contributed by atoms with Crippen molar-refractivity contribution in [3.8, 4) is 0 Å². The predicted octanol–water partition coefficient (Wildman–Crippen LogP) is 3.33. The quantitative estimate of drug-likeness (QED) is 0.204. The molecule has 0 radical (unpaired) electrons. The van der Waals surface area contributed by atoms with Crippen molar-refractivity contribution in [2.75, 3.05) is 24.5 Å². The van der Waals surface area contributed by atoms with Gasteiger partial charge in [0.2, 0.25) is 0 Å². The van der Waals surface area contributed by atoms with E-state index in [4.69, 9.17) is 0 Å². The minimum atomic E-state index is -0.383. The van der Waals surface area contributed by atoms with Crippen molar-refractivity contribution >= 4 is 41.4 Å². The molecular weight excluding hydrogens is 483 g/mol. The van der Waals surface area contributed by atoms with E-state index in [1.165, 1.54) is 6.07 Å². The molecule has 156 valence electrons. The maximum atomic E-state index is 10.9. The lowest BCUT2D eigenvalue weighted by molar-refractivity contribution is -0.384. The maximum Gasteiger partial charge on any atom is 0.269 e. The van der Waals surface area contributed by atoms with E-state index in [1.54, 1.807) is 12.1 Å². The van der Waals surface area contributed by atoms with E-state index in [9.17, 15) is 10.1 Å². The van der Waals surface area contributed by atoms with E-state index in [1.807, 2.05) is 37.4 Å². The minimum absolute atomic E-state index is 0. The Kier molecular flexibility index (Phi) is 9.10. The molecule has 0 bridgehead atoms. The minimum Gasteiger partial charge on any atom is -0.357 e. The Bertz CT molecular complexity index is 810. The van der Waals surface area contributed by atoms with Gasteiger partial charge in [-0.2, -0.15) is 0 Å². The number of nitrogens with zero attached hydrogens (tertiary/aromatic N) is 4. The number of hydrogen-bond acceptors (Lipinski definition) is 5. The summed E-state index contributed by atoms with van der Waals surface area (Å²) in [7, 11) is 0. The third-order valence-electron chi connectivity index (χ3n) is 4.69. The van der Waals surface area contributed by atoms with Crippen LogP contribution in [0.5, 0.6) is 0 Å². The number of halogens is 1. The van der Waals surface area contributed by atoms with Gasteiger partial charge in [-0.25, -0.2) is 9.98 Å². The number of anilines is 1. The van der Waals surface area contributed by atoms with Gasteiger partial charge in [0.05, 0.1) is 11.5 Å². The van der Waals surface area contributed by atoms with Gasteiger partial charge < -0.3 is 15.5 Å². The van der Waals surface area contributed by atoms with Gasteiger partial charge in [0, 0.05) is 44.0 Å². The second kappa shape index (κ2) is 11.5. The lowest BCUT2D eigenvalue weighted by Gasteiger charge is -2.33. The predicted molar refractivity (Wildman–Crippen MR) is 126 cm³/mol. The molecule has 0 unspecified atom stereocenters. The third-order valence-corrected chi connectivity index (χ3v) is 4.69. The Morgan fingerprint density at radius 2 is 2.07 bits per heavy atom. The molecule has 8 nitrogen and oxygen atoms in total. The van der Waals surface area contributed by atoms with Gasteiger partial charge in [0.15, 0.2) is 5.96 Å². The molecule has 0 saturated carbocycles. The fourth-order valence-corrected chi connectivity index (χ4v) is 3.25. The molecule has 1 aromatic carbocycles. The van der Waals surface area contributed by atoms with Gasteiger partial charge in [-0.3, -0.25) is 10.1 Å². The normalized spacial score (nSPS) is 14.8. The summed E-state index contributed by atoms with van der Waals surface area (Å²) in [6.45, 7) is 5.06. The molecule has 2 N–H and O–H groups in total. The third kappa shape index (κ3) is 6.84. The van der Waals surface area contributed by atoms with Gasteiger partial charge in [0.25, 0.3) is 5.69 Å². The standard InChI is InChI=1S/C20H26N6O2.HI/c1-2-21-20(23-15-16-6-5-7-18(14-16)26(27)28)24-17-9-12-25(13-10-17)19-8-3-4-11-22-19;/h3-8,11,14,17H,2,9-10,12-13,15H2,1H3,(H2,21,23,24);1H. The van der Waals surface area contributed by atoms with Crippen LogP contribution >= 0.6 is 24.0 Å². The van der Waals surface area contributed by atoms with Gasteiger partial charge in [-0.1, -0.05) is 18.2 Å². The second-order valence-electron chi connectivity index (χ2n) is 6.72. The van der Waals surface area contributed by atoms with Crippen molar-refractivity contribution in [3.63, 3.8) is 0 Å². The first kappa shape index (κ1) is 22.9. The average molecular weight is 510 g/mol. The van der Waals surface area contributed by atoms with Crippen LogP contribution in [0.2, 0.25) is 0 Å².